The van der Waals surface area contributed by atoms with E-state index in [9.17, 15) is 9.18 Å². The number of amides is 1. The molecule has 114 valence electrons. The van der Waals surface area contributed by atoms with Gasteiger partial charge in [0.1, 0.15) is 12.4 Å². The van der Waals surface area contributed by atoms with Gasteiger partial charge in [-0.05, 0) is 24.3 Å². The molecule has 1 unspecified atom stereocenters. The minimum absolute atomic E-state index is 0.119. The van der Waals surface area contributed by atoms with Gasteiger partial charge in [0.05, 0.1) is 12.5 Å². The quantitative estimate of drug-likeness (QED) is 0.932. The second-order valence-corrected chi connectivity index (χ2v) is 5.70. The van der Waals surface area contributed by atoms with Crippen LogP contribution >= 0.6 is 23.2 Å². The minimum atomic E-state index is -0.600. The summed E-state index contributed by atoms with van der Waals surface area (Å²) in [5.41, 5.74) is 0.924. The molecule has 2 heterocycles. The number of pyridine rings is 1. The van der Waals surface area contributed by atoms with Crippen molar-refractivity contribution in [1.29, 1.82) is 0 Å². The van der Waals surface area contributed by atoms with Crippen LogP contribution < -0.4 is 10.1 Å². The molecule has 0 fully saturated rings. The van der Waals surface area contributed by atoms with Crippen molar-refractivity contribution in [2.75, 3.05) is 6.61 Å². The normalized spacial score (nSPS) is 16.0. The Balaban J connectivity index is 1.72. The molecule has 1 amide bonds. The highest BCUT2D eigenvalue weighted by atomic mass is 35.5. The van der Waals surface area contributed by atoms with Gasteiger partial charge in [-0.2, -0.15) is 0 Å². The molecule has 1 aliphatic rings. The fraction of sp³-hybridized carbons (Fsp3) is 0.200. The van der Waals surface area contributed by atoms with E-state index in [1.165, 1.54) is 6.07 Å². The van der Waals surface area contributed by atoms with Crippen LogP contribution in [-0.2, 0) is 11.2 Å². The maximum absolute atomic E-state index is 13.8. The van der Waals surface area contributed by atoms with E-state index in [1.54, 1.807) is 12.3 Å². The van der Waals surface area contributed by atoms with Gasteiger partial charge in [0.15, 0.2) is 0 Å². The molecule has 1 aliphatic heterocycles. The standard InChI is InChI=1S/C15H11Cl2FN2O2/c16-8-4-11(17)10(12(18)5-8)6-14(21)20-13-7-22-15-9(13)2-1-3-19-15/h1-5,13H,6-7H2,(H,20,21). The summed E-state index contributed by atoms with van der Waals surface area (Å²) < 4.78 is 19.2. The van der Waals surface area contributed by atoms with Crippen LogP contribution in [-0.4, -0.2) is 17.5 Å². The lowest BCUT2D eigenvalue weighted by atomic mass is 10.1. The largest absolute Gasteiger partial charge is 0.475 e. The molecule has 0 spiro atoms. The van der Waals surface area contributed by atoms with Crippen molar-refractivity contribution in [3.05, 3.63) is 57.5 Å². The number of nitrogens with one attached hydrogen (secondary N) is 1. The first-order chi connectivity index (χ1) is 10.5. The SMILES string of the molecule is O=C(Cc1c(F)cc(Cl)cc1Cl)NC1COc2ncccc21. The zero-order chi connectivity index (χ0) is 15.7. The van der Waals surface area contributed by atoms with Crippen molar-refractivity contribution in [2.24, 2.45) is 0 Å². The van der Waals surface area contributed by atoms with Crippen LogP contribution in [0.3, 0.4) is 0 Å². The maximum atomic E-state index is 13.8. The maximum Gasteiger partial charge on any atom is 0.225 e. The number of carbonyl (C=O) groups is 1. The third-order valence-corrected chi connectivity index (χ3v) is 3.90. The summed E-state index contributed by atoms with van der Waals surface area (Å²) in [5, 5.41) is 3.11. The van der Waals surface area contributed by atoms with Crippen molar-refractivity contribution in [3.63, 3.8) is 0 Å². The van der Waals surface area contributed by atoms with Gasteiger partial charge in [0, 0.05) is 27.4 Å². The molecule has 22 heavy (non-hydrogen) atoms. The number of hydrogen-bond acceptors (Lipinski definition) is 3. The second-order valence-electron chi connectivity index (χ2n) is 4.85. The molecule has 0 radical (unpaired) electrons. The van der Waals surface area contributed by atoms with Gasteiger partial charge < -0.3 is 10.1 Å². The summed E-state index contributed by atoms with van der Waals surface area (Å²) in [4.78, 5) is 16.2. The highest BCUT2D eigenvalue weighted by Gasteiger charge is 2.26. The van der Waals surface area contributed by atoms with Crippen molar-refractivity contribution in [2.45, 2.75) is 12.5 Å². The van der Waals surface area contributed by atoms with Crippen molar-refractivity contribution < 1.29 is 13.9 Å². The molecule has 1 aromatic heterocycles. The summed E-state index contributed by atoms with van der Waals surface area (Å²) in [6, 6.07) is 5.84. The van der Waals surface area contributed by atoms with Crippen LogP contribution in [0.1, 0.15) is 17.2 Å². The molecule has 7 heteroatoms. The first-order valence-corrected chi connectivity index (χ1v) is 7.30. The Labute approximate surface area is 136 Å². The Morgan fingerprint density at radius 1 is 1.45 bits per heavy atom. The Kier molecular flexibility index (Phi) is 4.18. The Morgan fingerprint density at radius 2 is 2.27 bits per heavy atom. The number of rotatable bonds is 3. The number of nitrogens with zero attached hydrogens (tertiary/aromatic N) is 1. The van der Waals surface area contributed by atoms with Gasteiger partial charge in [-0.1, -0.05) is 23.2 Å². The molecule has 2 aromatic rings. The minimum Gasteiger partial charge on any atom is -0.475 e. The number of ether oxygens (including phenoxy) is 1. The van der Waals surface area contributed by atoms with Gasteiger partial charge in [-0.15, -0.1) is 0 Å². The van der Waals surface area contributed by atoms with Crippen LogP contribution in [0, 0.1) is 5.82 Å². The number of aromatic nitrogens is 1. The zero-order valence-electron chi connectivity index (χ0n) is 11.3. The van der Waals surface area contributed by atoms with E-state index in [4.69, 9.17) is 27.9 Å². The first kappa shape index (κ1) is 15.1. The first-order valence-electron chi connectivity index (χ1n) is 6.55. The topological polar surface area (TPSA) is 51.2 Å². The summed E-state index contributed by atoms with van der Waals surface area (Å²) in [6.07, 6.45) is 1.44. The van der Waals surface area contributed by atoms with E-state index in [0.717, 1.165) is 11.6 Å². The smallest absolute Gasteiger partial charge is 0.225 e. The lowest BCUT2D eigenvalue weighted by Crippen LogP contribution is -2.31. The molecular weight excluding hydrogens is 330 g/mol. The molecule has 1 N–H and O–H groups in total. The third kappa shape index (κ3) is 3.00. The number of benzene rings is 1. The molecule has 3 rings (SSSR count). The molecule has 0 aliphatic carbocycles. The average molecular weight is 341 g/mol. The number of carbonyl (C=O) groups excluding carboxylic acids is 1. The van der Waals surface area contributed by atoms with E-state index >= 15 is 0 Å². The lowest BCUT2D eigenvalue weighted by molar-refractivity contribution is -0.121. The molecule has 4 nitrogen and oxygen atoms in total. The Bertz CT molecular complexity index is 716. The predicted octanol–water partition coefficient (Wildman–Crippen LogP) is 3.32. The summed E-state index contributed by atoms with van der Waals surface area (Å²) in [6.45, 7) is 0.301. The lowest BCUT2D eigenvalue weighted by Gasteiger charge is -2.12. The summed E-state index contributed by atoms with van der Waals surface area (Å²) in [7, 11) is 0. The average Bonchev–Trinajstić information content (AvgIpc) is 2.86. The number of hydrogen-bond donors (Lipinski definition) is 1. The van der Waals surface area contributed by atoms with Gasteiger partial charge in [-0.25, -0.2) is 9.37 Å². The molecule has 0 saturated carbocycles. The van der Waals surface area contributed by atoms with Crippen molar-refractivity contribution >= 4 is 29.1 Å². The fourth-order valence-electron chi connectivity index (χ4n) is 2.31. The van der Waals surface area contributed by atoms with Crippen LogP contribution in [0.4, 0.5) is 4.39 Å². The van der Waals surface area contributed by atoms with E-state index in [2.05, 4.69) is 10.3 Å². The van der Waals surface area contributed by atoms with Crippen LogP contribution in [0.15, 0.2) is 30.5 Å². The summed E-state index contributed by atoms with van der Waals surface area (Å²) in [5.74, 6) is -0.450. The third-order valence-electron chi connectivity index (χ3n) is 3.34. The van der Waals surface area contributed by atoms with Crippen LogP contribution in [0.25, 0.3) is 0 Å². The van der Waals surface area contributed by atoms with Gasteiger partial charge >= 0.3 is 0 Å². The van der Waals surface area contributed by atoms with E-state index in [1.807, 2.05) is 6.07 Å². The highest BCUT2D eigenvalue weighted by Crippen LogP contribution is 2.30. The Morgan fingerprint density at radius 3 is 3.05 bits per heavy atom. The van der Waals surface area contributed by atoms with Gasteiger partial charge in [-0.3, -0.25) is 4.79 Å². The molecule has 0 saturated heterocycles. The number of fused-ring (bicyclic) bond motifs is 1. The van der Waals surface area contributed by atoms with Gasteiger partial charge in [0.25, 0.3) is 0 Å². The van der Waals surface area contributed by atoms with E-state index < -0.39 is 5.82 Å². The van der Waals surface area contributed by atoms with Crippen molar-refractivity contribution in [1.82, 2.24) is 10.3 Å². The zero-order valence-corrected chi connectivity index (χ0v) is 12.8. The van der Waals surface area contributed by atoms with E-state index in [-0.39, 0.29) is 34.0 Å². The number of halogens is 3. The second kappa shape index (κ2) is 6.10. The van der Waals surface area contributed by atoms with Gasteiger partial charge in [0.2, 0.25) is 11.8 Å². The highest BCUT2D eigenvalue weighted by molar-refractivity contribution is 6.35. The van der Waals surface area contributed by atoms with Crippen LogP contribution in [0.2, 0.25) is 10.0 Å². The summed E-state index contributed by atoms with van der Waals surface area (Å²) >= 11 is 11.6. The fourth-order valence-corrected chi connectivity index (χ4v) is 2.84. The molecular formula is C15H11Cl2FN2O2. The van der Waals surface area contributed by atoms with E-state index in [0.29, 0.717) is 12.5 Å². The van der Waals surface area contributed by atoms with Crippen molar-refractivity contribution in [3.8, 4) is 5.88 Å². The molecule has 1 atom stereocenters. The monoisotopic (exact) mass is 340 g/mol. The predicted molar refractivity (Wildman–Crippen MR) is 80.7 cm³/mol. The molecule has 0 bridgehead atoms. The van der Waals surface area contributed by atoms with Crippen LogP contribution in [0.5, 0.6) is 5.88 Å². The molecule has 1 aromatic carbocycles. The Hall–Kier alpha value is -1.85.